The highest BCUT2D eigenvalue weighted by Crippen LogP contribution is 2.43. The number of esters is 1. The first-order valence-electron chi connectivity index (χ1n) is 9.01. The van der Waals surface area contributed by atoms with E-state index in [1.165, 1.54) is 31.6 Å². The number of ether oxygens (including phenoxy) is 1. The number of benzene rings is 1. The second-order valence-electron chi connectivity index (χ2n) is 7.93. The van der Waals surface area contributed by atoms with Crippen LogP contribution in [0.3, 0.4) is 0 Å². The minimum absolute atomic E-state index is 0.138. The molecular weight excluding hydrogens is 314 g/mol. The minimum Gasteiger partial charge on any atom is -0.508 e. The van der Waals surface area contributed by atoms with Gasteiger partial charge >= 0.3 is 5.97 Å². The zero-order chi connectivity index (χ0) is 18.6. The van der Waals surface area contributed by atoms with Crippen LogP contribution < -0.4 is 0 Å². The third kappa shape index (κ3) is 5.08. The van der Waals surface area contributed by atoms with Gasteiger partial charge in [0.15, 0.2) is 0 Å². The fraction of sp³-hybridized carbons (Fsp3) is 0.571. The van der Waals surface area contributed by atoms with Gasteiger partial charge in [-0.2, -0.15) is 0 Å². The Morgan fingerprint density at radius 3 is 2.80 bits per heavy atom. The lowest BCUT2D eigenvalue weighted by Gasteiger charge is -2.41. The summed E-state index contributed by atoms with van der Waals surface area (Å²) in [6.45, 7) is 10.5. The van der Waals surface area contributed by atoms with Crippen LogP contribution in [0.5, 0.6) is 5.75 Å². The fourth-order valence-corrected chi connectivity index (χ4v) is 4.28. The van der Waals surface area contributed by atoms with Gasteiger partial charge in [-0.15, -0.1) is 0 Å². The normalized spacial score (nSPS) is 23.7. The molecule has 0 aliphatic heterocycles. The number of allylic oxidation sites excluding steroid dienone is 1. The second-order valence-corrected chi connectivity index (χ2v) is 7.93. The van der Waals surface area contributed by atoms with Crippen LogP contribution >= 0.6 is 0 Å². The van der Waals surface area contributed by atoms with Gasteiger partial charge in [0.2, 0.25) is 0 Å². The molecule has 1 aromatic rings. The zero-order valence-corrected chi connectivity index (χ0v) is 16.0. The number of hydrogen-bond donors (Lipinski definition) is 1. The number of rotatable bonds is 6. The Morgan fingerprint density at radius 1 is 1.48 bits per heavy atom. The summed E-state index contributed by atoms with van der Waals surface area (Å²) in [4.78, 5) is 13.8. The molecular formula is C21H31NO3. The van der Waals surface area contributed by atoms with E-state index in [-0.39, 0.29) is 11.2 Å². The Bertz CT molecular complexity index is 640. The average molecular weight is 345 g/mol. The number of phenolic OH excluding ortho intramolecular Hbond substituents is 1. The van der Waals surface area contributed by atoms with Crippen LogP contribution in [0.4, 0.5) is 0 Å². The topological polar surface area (TPSA) is 49.8 Å². The van der Waals surface area contributed by atoms with Crippen molar-refractivity contribution in [2.45, 2.75) is 46.1 Å². The van der Waals surface area contributed by atoms with Gasteiger partial charge in [-0.3, -0.25) is 0 Å². The van der Waals surface area contributed by atoms with Crippen molar-refractivity contribution in [1.29, 1.82) is 0 Å². The van der Waals surface area contributed by atoms with Crippen LogP contribution in [0.15, 0.2) is 30.4 Å². The Morgan fingerprint density at radius 2 is 2.20 bits per heavy atom. The summed E-state index contributed by atoms with van der Waals surface area (Å²) in [5.41, 5.74) is 2.78. The van der Waals surface area contributed by atoms with Crippen LogP contribution in [0, 0.1) is 11.3 Å². The molecule has 138 valence electrons. The van der Waals surface area contributed by atoms with Gasteiger partial charge in [-0.1, -0.05) is 38.5 Å². The average Bonchev–Trinajstić information content (AvgIpc) is 2.54. The highest BCUT2D eigenvalue weighted by molar-refractivity contribution is 5.89. The summed E-state index contributed by atoms with van der Waals surface area (Å²) in [7, 11) is 3.42. The Hall–Kier alpha value is -1.81. The van der Waals surface area contributed by atoms with E-state index in [2.05, 4.69) is 37.1 Å². The van der Waals surface area contributed by atoms with Gasteiger partial charge in [0, 0.05) is 18.7 Å². The van der Waals surface area contributed by atoms with Crippen LogP contribution in [0.2, 0.25) is 0 Å². The van der Waals surface area contributed by atoms with Crippen molar-refractivity contribution in [2.24, 2.45) is 11.3 Å². The summed E-state index contributed by atoms with van der Waals surface area (Å²) in [5, 5.41) is 10.2. The SMILES string of the molecule is C=C1CC(CC)CC(C)(CN(C)Cc2ccc(C(=O)OC)cc2O)C1. The van der Waals surface area contributed by atoms with Crippen molar-refractivity contribution >= 4 is 5.97 Å². The van der Waals surface area contributed by atoms with E-state index >= 15 is 0 Å². The first kappa shape index (κ1) is 19.5. The van der Waals surface area contributed by atoms with Crippen molar-refractivity contribution in [2.75, 3.05) is 20.7 Å². The first-order valence-corrected chi connectivity index (χ1v) is 9.01. The monoisotopic (exact) mass is 345 g/mol. The molecule has 0 spiro atoms. The molecule has 1 aliphatic rings. The molecule has 0 radical (unpaired) electrons. The Labute approximate surface area is 151 Å². The van der Waals surface area contributed by atoms with Crippen molar-refractivity contribution < 1.29 is 14.6 Å². The quantitative estimate of drug-likeness (QED) is 0.614. The van der Waals surface area contributed by atoms with Gasteiger partial charge in [-0.05, 0) is 49.8 Å². The van der Waals surface area contributed by atoms with Crippen LogP contribution in [-0.4, -0.2) is 36.7 Å². The maximum atomic E-state index is 11.5. The third-order valence-corrected chi connectivity index (χ3v) is 5.21. The molecule has 0 saturated heterocycles. The molecule has 0 amide bonds. The number of hydrogen-bond acceptors (Lipinski definition) is 4. The van der Waals surface area contributed by atoms with Crippen molar-refractivity contribution in [3.8, 4) is 5.75 Å². The predicted molar refractivity (Wildman–Crippen MR) is 101 cm³/mol. The number of methoxy groups -OCH3 is 1. The summed E-state index contributed by atoms with van der Waals surface area (Å²) in [6, 6.07) is 4.98. The molecule has 0 bridgehead atoms. The maximum absolute atomic E-state index is 11.5. The highest BCUT2D eigenvalue weighted by atomic mass is 16.5. The lowest BCUT2D eigenvalue weighted by atomic mass is 9.68. The molecule has 0 heterocycles. The van der Waals surface area contributed by atoms with Gasteiger partial charge in [0.1, 0.15) is 5.75 Å². The van der Waals surface area contributed by atoms with Crippen molar-refractivity contribution in [1.82, 2.24) is 4.90 Å². The standard InChI is InChI=1S/C21H31NO3/c1-6-16-9-15(2)11-21(3,12-16)14-22(4)13-18-8-7-17(10-19(18)23)20(24)25-5/h7-8,10,16,23H,2,6,9,11-14H2,1,3-5H3. The maximum Gasteiger partial charge on any atom is 0.337 e. The van der Waals surface area contributed by atoms with E-state index in [4.69, 9.17) is 0 Å². The third-order valence-electron chi connectivity index (χ3n) is 5.21. The molecule has 1 fully saturated rings. The van der Waals surface area contributed by atoms with Crippen LogP contribution in [0.25, 0.3) is 0 Å². The van der Waals surface area contributed by atoms with E-state index in [1.54, 1.807) is 12.1 Å². The number of aromatic hydroxyl groups is 1. The molecule has 1 aromatic carbocycles. The fourth-order valence-electron chi connectivity index (χ4n) is 4.28. The van der Waals surface area contributed by atoms with E-state index in [0.717, 1.165) is 30.9 Å². The van der Waals surface area contributed by atoms with Gasteiger partial charge in [0.05, 0.1) is 12.7 Å². The molecule has 2 atom stereocenters. The van der Waals surface area contributed by atoms with Crippen molar-refractivity contribution in [3.05, 3.63) is 41.5 Å². The van der Waals surface area contributed by atoms with Crippen molar-refractivity contribution in [3.63, 3.8) is 0 Å². The largest absolute Gasteiger partial charge is 0.508 e. The molecule has 1 saturated carbocycles. The number of phenols is 1. The Balaban J connectivity index is 2.03. The summed E-state index contributed by atoms with van der Waals surface area (Å²) < 4.78 is 4.69. The summed E-state index contributed by atoms with van der Waals surface area (Å²) >= 11 is 0. The minimum atomic E-state index is -0.436. The molecule has 4 heteroatoms. The predicted octanol–water partition coefficient (Wildman–Crippen LogP) is 4.38. The summed E-state index contributed by atoms with van der Waals surface area (Å²) in [5.74, 6) is 0.431. The number of nitrogens with zero attached hydrogens (tertiary/aromatic N) is 1. The van der Waals surface area contributed by atoms with E-state index in [1.807, 2.05) is 0 Å². The second kappa shape index (κ2) is 8.05. The smallest absolute Gasteiger partial charge is 0.337 e. The molecule has 2 rings (SSSR count). The Kier molecular flexibility index (Phi) is 6.28. The zero-order valence-electron chi connectivity index (χ0n) is 16.0. The molecule has 4 nitrogen and oxygen atoms in total. The molecule has 2 unspecified atom stereocenters. The molecule has 25 heavy (non-hydrogen) atoms. The number of carbonyl (C=O) groups is 1. The van der Waals surface area contributed by atoms with Gasteiger partial charge in [-0.25, -0.2) is 4.79 Å². The van der Waals surface area contributed by atoms with Gasteiger partial charge < -0.3 is 14.7 Å². The first-order chi connectivity index (χ1) is 11.8. The summed E-state index contributed by atoms with van der Waals surface area (Å²) in [6.07, 6.45) is 4.65. The number of carbonyl (C=O) groups excluding carboxylic acids is 1. The van der Waals surface area contributed by atoms with Crippen LogP contribution in [0.1, 0.15) is 55.5 Å². The lowest BCUT2D eigenvalue weighted by Crippen LogP contribution is -2.37. The van der Waals surface area contributed by atoms with E-state index in [9.17, 15) is 9.90 Å². The van der Waals surface area contributed by atoms with E-state index < -0.39 is 5.97 Å². The highest BCUT2D eigenvalue weighted by Gasteiger charge is 2.34. The van der Waals surface area contributed by atoms with Gasteiger partial charge in [0.25, 0.3) is 0 Å². The lowest BCUT2D eigenvalue weighted by molar-refractivity contribution is 0.0600. The molecule has 1 N–H and O–H groups in total. The van der Waals surface area contributed by atoms with E-state index in [0.29, 0.717) is 12.1 Å². The molecule has 1 aliphatic carbocycles. The van der Waals surface area contributed by atoms with Crippen LogP contribution in [-0.2, 0) is 11.3 Å². The molecule has 0 aromatic heterocycles.